The average Bonchev–Trinajstić information content (AvgIpc) is 3.31. The lowest BCUT2D eigenvalue weighted by Gasteiger charge is -2.22. The van der Waals surface area contributed by atoms with Crippen molar-refractivity contribution in [2.24, 2.45) is 5.92 Å². The van der Waals surface area contributed by atoms with Gasteiger partial charge in [-0.05, 0) is 12.0 Å². The van der Waals surface area contributed by atoms with Gasteiger partial charge < -0.3 is 9.55 Å². The molecule has 0 bridgehead atoms. The Bertz CT molecular complexity index is 1260. The van der Waals surface area contributed by atoms with Crippen LogP contribution in [0, 0.1) is 17.6 Å². The van der Waals surface area contributed by atoms with Gasteiger partial charge in [0.2, 0.25) is 0 Å². The van der Waals surface area contributed by atoms with Crippen molar-refractivity contribution in [1.82, 2.24) is 25.4 Å². The van der Waals surface area contributed by atoms with E-state index in [0.717, 1.165) is 23.0 Å². The summed E-state index contributed by atoms with van der Waals surface area (Å²) in [4.78, 5) is 32.5. The summed E-state index contributed by atoms with van der Waals surface area (Å²) in [6, 6.07) is 8.48. The second-order valence-corrected chi connectivity index (χ2v) is 7.29. The largest absolute Gasteiger partial charge is 0.360 e. The summed E-state index contributed by atoms with van der Waals surface area (Å²) in [6.45, 7) is 3.61. The maximum atomic E-state index is 13.7. The second kappa shape index (κ2) is 7.58. The van der Waals surface area contributed by atoms with Crippen LogP contribution in [0.25, 0.3) is 21.9 Å². The fraction of sp³-hybridized carbons (Fsp3) is 0.190. The number of carbonyl (C=O) groups excluding carboxylic acids is 2. The molecule has 2 amide bonds. The van der Waals surface area contributed by atoms with Gasteiger partial charge in [0.1, 0.15) is 6.04 Å². The molecule has 0 saturated heterocycles. The highest BCUT2D eigenvalue weighted by Crippen LogP contribution is 2.25. The standard InChI is InChI=1S/C21H19F2N5O2/c1-11(2)19(28-10-25-17-7-14(22)15(23)8-18(17)28)21(30)27-26-20(29)13-9-24-16-6-4-3-5-12(13)16/h3-11,19,24H,1-2H3,(H,26,29)(H,27,30). The molecule has 0 saturated carbocycles. The zero-order valence-electron chi connectivity index (χ0n) is 16.2. The van der Waals surface area contributed by atoms with E-state index in [4.69, 9.17) is 0 Å². The van der Waals surface area contributed by atoms with Crippen LogP contribution in [-0.2, 0) is 4.79 Å². The number of H-pyrrole nitrogens is 1. The van der Waals surface area contributed by atoms with Crippen molar-refractivity contribution in [1.29, 1.82) is 0 Å². The van der Waals surface area contributed by atoms with Gasteiger partial charge >= 0.3 is 0 Å². The van der Waals surface area contributed by atoms with Gasteiger partial charge in [-0.15, -0.1) is 0 Å². The lowest BCUT2D eigenvalue weighted by molar-refractivity contribution is -0.126. The molecule has 1 unspecified atom stereocenters. The number of aromatic amines is 1. The van der Waals surface area contributed by atoms with E-state index >= 15 is 0 Å². The summed E-state index contributed by atoms with van der Waals surface area (Å²) in [5.41, 5.74) is 6.54. The van der Waals surface area contributed by atoms with Gasteiger partial charge in [-0.2, -0.15) is 0 Å². The number of hydrazine groups is 1. The molecule has 2 aromatic carbocycles. The van der Waals surface area contributed by atoms with Crippen molar-refractivity contribution in [3.05, 3.63) is 66.1 Å². The minimum atomic E-state index is -1.03. The van der Waals surface area contributed by atoms with Gasteiger partial charge in [0.25, 0.3) is 11.8 Å². The number of hydrogen-bond donors (Lipinski definition) is 3. The Morgan fingerprint density at radius 2 is 1.83 bits per heavy atom. The first-order valence-electron chi connectivity index (χ1n) is 9.34. The van der Waals surface area contributed by atoms with Crippen molar-refractivity contribution in [3.63, 3.8) is 0 Å². The van der Waals surface area contributed by atoms with Gasteiger partial charge in [0, 0.05) is 29.2 Å². The number of hydrogen-bond acceptors (Lipinski definition) is 3. The smallest absolute Gasteiger partial charge is 0.271 e. The normalized spacial score (nSPS) is 12.4. The zero-order valence-corrected chi connectivity index (χ0v) is 16.2. The van der Waals surface area contributed by atoms with Gasteiger partial charge in [0.05, 0.1) is 22.9 Å². The number of benzene rings is 2. The maximum absolute atomic E-state index is 13.7. The van der Waals surface area contributed by atoms with Gasteiger partial charge in [0.15, 0.2) is 11.6 Å². The summed E-state index contributed by atoms with van der Waals surface area (Å²) in [6.07, 6.45) is 2.92. The van der Waals surface area contributed by atoms with Gasteiger partial charge in [-0.3, -0.25) is 20.4 Å². The predicted molar refractivity (Wildman–Crippen MR) is 107 cm³/mol. The molecular formula is C21H19F2N5O2. The molecule has 30 heavy (non-hydrogen) atoms. The summed E-state index contributed by atoms with van der Waals surface area (Å²) in [7, 11) is 0. The van der Waals surface area contributed by atoms with E-state index in [-0.39, 0.29) is 17.0 Å². The lowest BCUT2D eigenvalue weighted by atomic mass is 10.0. The molecule has 7 nitrogen and oxygen atoms in total. The second-order valence-electron chi connectivity index (χ2n) is 7.29. The highest BCUT2D eigenvalue weighted by Gasteiger charge is 2.27. The Morgan fingerprint density at radius 1 is 1.10 bits per heavy atom. The van der Waals surface area contributed by atoms with Crippen molar-refractivity contribution < 1.29 is 18.4 Å². The number of carbonyl (C=O) groups is 2. The van der Waals surface area contributed by atoms with E-state index in [1.54, 1.807) is 26.1 Å². The van der Waals surface area contributed by atoms with E-state index in [0.29, 0.717) is 5.56 Å². The molecule has 1 atom stereocenters. The molecule has 9 heteroatoms. The Morgan fingerprint density at radius 3 is 2.60 bits per heavy atom. The Balaban J connectivity index is 1.56. The van der Waals surface area contributed by atoms with Crippen LogP contribution in [0.4, 0.5) is 8.78 Å². The first-order chi connectivity index (χ1) is 14.4. The number of nitrogens with zero attached hydrogens (tertiary/aromatic N) is 2. The zero-order chi connectivity index (χ0) is 21.4. The number of halogens is 2. The number of amides is 2. The Hall–Kier alpha value is -3.75. The molecule has 4 aromatic rings. The van der Waals surface area contributed by atoms with E-state index < -0.39 is 29.5 Å². The highest BCUT2D eigenvalue weighted by molar-refractivity contribution is 6.07. The molecule has 0 fully saturated rings. The highest BCUT2D eigenvalue weighted by atomic mass is 19.2. The quantitative estimate of drug-likeness (QED) is 0.449. The van der Waals surface area contributed by atoms with Crippen LogP contribution in [0.2, 0.25) is 0 Å². The monoisotopic (exact) mass is 411 g/mol. The summed E-state index contributed by atoms with van der Waals surface area (Å²) in [5.74, 6) is -3.25. The molecule has 0 aliphatic heterocycles. The first kappa shape index (κ1) is 19.6. The Kier molecular flexibility index (Phi) is 4.94. The SMILES string of the molecule is CC(C)C(C(=O)NNC(=O)c1c[nH]c2ccccc12)n1cnc2cc(F)c(F)cc21. The summed E-state index contributed by atoms with van der Waals surface area (Å²) in [5, 5.41) is 0.725. The number of aromatic nitrogens is 3. The molecule has 2 aromatic heterocycles. The van der Waals surface area contributed by atoms with Crippen molar-refractivity contribution in [3.8, 4) is 0 Å². The van der Waals surface area contributed by atoms with Crippen LogP contribution in [0.1, 0.15) is 30.2 Å². The molecule has 4 rings (SSSR count). The topological polar surface area (TPSA) is 91.8 Å². The number of imidazole rings is 1. The number of rotatable bonds is 4. The first-order valence-corrected chi connectivity index (χ1v) is 9.34. The Labute approximate surface area is 170 Å². The van der Waals surface area contributed by atoms with Crippen LogP contribution in [-0.4, -0.2) is 26.3 Å². The van der Waals surface area contributed by atoms with E-state index in [1.807, 2.05) is 18.2 Å². The third kappa shape index (κ3) is 3.38. The van der Waals surface area contributed by atoms with Crippen LogP contribution in [0.3, 0.4) is 0 Å². The lowest BCUT2D eigenvalue weighted by Crippen LogP contribution is -2.46. The molecule has 0 radical (unpaired) electrons. The number of fused-ring (bicyclic) bond motifs is 2. The van der Waals surface area contributed by atoms with E-state index in [1.165, 1.54) is 10.9 Å². The van der Waals surface area contributed by atoms with Crippen molar-refractivity contribution in [2.75, 3.05) is 0 Å². The summed E-state index contributed by atoms with van der Waals surface area (Å²) < 4.78 is 28.7. The fourth-order valence-electron chi connectivity index (χ4n) is 3.51. The van der Waals surface area contributed by atoms with Crippen LogP contribution < -0.4 is 10.9 Å². The molecule has 2 heterocycles. The third-order valence-electron chi connectivity index (χ3n) is 4.95. The summed E-state index contributed by atoms with van der Waals surface area (Å²) >= 11 is 0. The minimum absolute atomic E-state index is 0.222. The third-order valence-corrected chi connectivity index (χ3v) is 4.95. The van der Waals surface area contributed by atoms with Crippen molar-refractivity contribution in [2.45, 2.75) is 19.9 Å². The molecule has 0 spiro atoms. The number of para-hydroxylation sites is 1. The average molecular weight is 411 g/mol. The van der Waals surface area contributed by atoms with Crippen molar-refractivity contribution >= 4 is 33.8 Å². The molecule has 3 N–H and O–H groups in total. The fourth-order valence-corrected chi connectivity index (χ4v) is 3.51. The van der Waals surface area contributed by atoms with Gasteiger partial charge in [-0.1, -0.05) is 32.0 Å². The van der Waals surface area contributed by atoms with Crippen LogP contribution in [0.5, 0.6) is 0 Å². The van der Waals surface area contributed by atoms with E-state index in [9.17, 15) is 18.4 Å². The molecule has 0 aliphatic rings. The molecular weight excluding hydrogens is 392 g/mol. The van der Waals surface area contributed by atoms with Crippen LogP contribution in [0.15, 0.2) is 48.9 Å². The van der Waals surface area contributed by atoms with Gasteiger partial charge in [-0.25, -0.2) is 13.8 Å². The van der Waals surface area contributed by atoms with Crippen LogP contribution >= 0.6 is 0 Å². The molecule has 0 aliphatic carbocycles. The minimum Gasteiger partial charge on any atom is -0.360 e. The maximum Gasteiger partial charge on any atom is 0.271 e. The predicted octanol–water partition coefficient (Wildman–Crippen LogP) is 3.45. The molecule has 154 valence electrons. The van der Waals surface area contributed by atoms with E-state index in [2.05, 4.69) is 20.8 Å². The number of nitrogens with one attached hydrogen (secondary N) is 3.